The number of nitrogens with zero attached hydrogens (tertiary/aromatic N) is 1. The highest BCUT2D eigenvalue weighted by molar-refractivity contribution is 5.95. The zero-order valence-electron chi connectivity index (χ0n) is 12.2. The van der Waals surface area contributed by atoms with E-state index in [-0.39, 0.29) is 12.5 Å². The number of hydrazone groups is 1. The average molecular weight is 334 g/mol. The Labute approximate surface area is 135 Å². The normalized spacial score (nSPS) is 12.6. The molecular weight excluding hydrogens is 322 g/mol. The third-order valence-electron chi connectivity index (χ3n) is 3.14. The fourth-order valence-corrected chi connectivity index (χ4v) is 2.05. The van der Waals surface area contributed by atoms with Gasteiger partial charge in [-0.1, -0.05) is 12.1 Å². The van der Waals surface area contributed by atoms with Crippen LogP contribution in [0, 0.1) is 0 Å². The van der Waals surface area contributed by atoms with E-state index in [9.17, 15) is 13.6 Å². The lowest BCUT2D eigenvalue weighted by molar-refractivity contribution is -0.0499. The largest absolute Gasteiger partial charge is 0.454 e. The quantitative estimate of drug-likeness (QED) is 0.674. The van der Waals surface area contributed by atoms with Gasteiger partial charge in [-0.15, -0.1) is 0 Å². The minimum absolute atomic E-state index is 0.0337. The van der Waals surface area contributed by atoms with Crippen molar-refractivity contribution in [3.63, 3.8) is 0 Å². The van der Waals surface area contributed by atoms with E-state index in [2.05, 4.69) is 15.3 Å². The van der Waals surface area contributed by atoms with Gasteiger partial charge in [0.15, 0.2) is 11.5 Å². The standard InChI is InChI=1S/C16H12F2N2O4/c17-16(18)24-12-4-2-1-3-11(12)8-19-20-15(21)10-5-6-13-14(7-10)23-9-22-13/h1-8,16H,9H2,(H,20,21). The van der Waals surface area contributed by atoms with E-state index < -0.39 is 12.5 Å². The molecule has 24 heavy (non-hydrogen) atoms. The molecule has 0 saturated heterocycles. The van der Waals surface area contributed by atoms with E-state index in [1.165, 1.54) is 24.4 Å². The summed E-state index contributed by atoms with van der Waals surface area (Å²) in [5.41, 5.74) is 2.95. The molecule has 2 aromatic carbocycles. The van der Waals surface area contributed by atoms with Gasteiger partial charge < -0.3 is 14.2 Å². The van der Waals surface area contributed by atoms with E-state index in [4.69, 9.17) is 9.47 Å². The van der Waals surface area contributed by atoms with Crippen molar-refractivity contribution in [1.29, 1.82) is 0 Å². The number of halogens is 2. The molecule has 124 valence electrons. The van der Waals surface area contributed by atoms with Crippen molar-refractivity contribution < 1.29 is 27.8 Å². The summed E-state index contributed by atoms with van der Waals surface area (Å²) in [4.78, 5) is 12.0. The molecule has 0 unspecified atom stereocenters. The van der Waals surface area contributed by atoms with Gasteiger partial charge in [-0.25, -0.2) is 5.43 Å². The van der Waals surface area contributed by atoms with Gasteiger partial charge in [-0.05, 0) is 30.3 Å². The van der Waals surface area contributed by atoms with Crippen molar-refractivity contribution in [1.82, 2.24) is 5.43 Å². The van der Waals surface area contributed by atoms with Crippen molar-refractivity contribution in [3.05, 3.63) is 53.6 Å². The summed E-state index contributed by atoms with van der Waals surface area (Å²) >= 11 is 0. The highest BCUT2D eigenvalue weighted by Gasteiger charge is 2.16. The van der Waals surface area contributed by atoms with Gasteiger partial charge in [0.25, 0.3) is 5.91 Å². The maximum Gasteiger partial charge on any atom is 0.387 e. The smallest absolute Gasteiger partial charge is 0.387 e. The predicted molar refractivity (Wildman–Crippen MR) is 80.7 cm³/mol. The summed E-state index contributed by atoms with van der Waals surface area (Å²) in [7, 11) is 0. The number of hydrogen-bond donors (Lipinski definition) is 1. The van der Waals surface area contributed by atoms with Crippen LogP contribution in [0.4, 0.5) is 8.78 Å². The molecule has 1 aliphatic rings. The molecule has 0 aliphatic carbocycles. The number of benzene rings is 2. The van der Waals surface area contributed by atoms with Gasteiger partial charge in [0, 0.05) is 11.1 Å². The van der Waals surface area contributed by atoms with Gasteiger partial charge in [0.05, 0.1) is 6.21 Å². The number of amides is 1. The number of ether oxygens (including phenoxy) is 3. The van der Waals surface area contributed by atoms with Crippen LogP contribution in [0.2, 0.25) is 0 Å². The molecule has 8 heteroatoms. The summed E-state index contributed by atoms with van der Waals surface area (Å²) in [5, 5.41) is 3.76. The molecule has 1 amide bonds. The molecule has 3 rings (SSSR count). The minimum atomic E-state index is -2.94. The fraction of sp³-hybridized carbons (Fsp3) is 0.125. The van der Waals surface area contributed by atoms with E-state index in [1.807, 2.05) is 0 Å². The zero-order valence-corrected chi connectivity index (χ0v) is 12.2. The van der Waals surface area contributed by atoms with Gasteiger partial charge in [0.1, 0.15) is 5.75 Å². The molecule has 1 heterocycles. The van der Waals surface area contributed by atoms with E-state index in [0.717, 1.165) is 0 Å². The number of para-hydroxylation sites is 1. The van der Waals surface area contributed by atoms with Crippen molar-refractivity contribution >= 4 is 12.1 Å². The Morgan fingerprint density at radius 1 is 1.21 bits per heavy atom. The first-order valence-corrected chi connectivity index (χ1v) is 6.90. The fourth-order valence-electron chi connectivity index (χ4n) is 2.05. The Bertz CT molecular complexity index is 780. The van der Waals surface area contributed by atoms with Crippen molar-refractivity contribution in [2.75, 3.05) is 6.79 Å². The van der Waals surface area contributed by atoms with Crippen LogP contribution in [0.5, 0.6) is 17.2 Å². The topological polar surface area (TPSA) is 69.2 Å². The van der Waals surface area contributed by atoms with Crippen LogP contribution in [-0.2, 0) is 0 Å². The first kappa shape index (κ1) is 15.7. The Hall–Kier alpha value is -3.16. The summed E-state index contributed by atoms with van der Waals surface area (Å²) in [6.45, 7) is -2.83. The summed E-state index contributed by atoms with van der Waals surface area (Å²) < 4.78 is 39.4. The van der Waals surface area contributed by atoms with Crippen LogP contribution in [0.1, 0.15) is 15.9 Å². The highest BCUT2D eigenvalue weighted by Crippen LogP contribution is 2.32. The van der Waals surface area contributed by atoms with Crippen LogP contribution in [0.15, 0.2) is 47.6 Å². The molecule has 0 spiro atoms. The van der Waals surface area contributed by atoms with E-state index in [1.54, 1.807) is 24.3 Å². The second-order valence-corrected chi connectivity index (χ2v) is 4.68. The number of carbonyl (C=O) groups is 1. The summed E-state index contributed by atoms with van der Waals surface area (Å²) in [6, 6.07) is 10.8. The first-order valence-electron chi connectivity index (χ1n) is 6.90. The number of alkyl halides is 2. The van der Waals surface area contributed by atoms with Gasteiger partial charge in [-0.3, -0.25) is 4.79 Å². The first-order chi connectivity index (χ1) is 11.6. The molecule has 0 saturated carbocycles. The lowest BCUT2D eigenvalue weighted by Crippen LogP contribution is -2.17. The summed E-state index contributed by atoms with van der Waals surface area (Å²) in [5.74, 6) is 0.529. The summed E-state index contributed by atoms with van der Waals surface area (Å²) in [6.07, 6.45) is 1.22. The van der Waals surface area contributed by atoms with Crippen LogP contribution < -0.4 is 19.6 Å². The second kappa shape index (κ2) is 6.95. The average Bonchev–Trinajstić information content (AvgIpc) is 3.03. The number of rotatable bonds is 5. The maximum absolute atomic E-state index is 12.3. The molecule has 0 aromatic heterocycles. The molecule has 0 bridgehead atoms. The minimum Gasteiger partial charge on any atom is -0.454 e. The van der Waals surface area contributed by atoms with Gasteiger partial charge in [-0.2, -0.15) is 13.9 Å². The van der Waals surface area contributed by atoms with Crippen LogP contribution in [0.3, 0.4) is 0 Å². The van der Waals surface area contributed by atoms with Crippen LogP contribution in [-0.4, -0.2) is 25.5 Å². The van der Waals surface area contributed by atoms with Crippen molar-refractivity contribution in [3.8, 4) is 17.2 Å². The van der Waals surface area contributed by atoms with E-state index in [0.29, 0.717) is 22.6 Å². The SMILES string of the molecule is O=C(NN=Cc1ccccc1OC(F)F)c1ccc2c(c1)OCO2. The highest BCUT2D eigenvalue weighted by atomic mass is 19.3. The Morgan fingerprint density at radius 3 is 2.83 bits per heavy atom. The molecule has 6 nitrogen and oxygen atoms in total. The number of hydrogen-bond acceptors (Lipinski definition) is 5. The molecule has 0 fully saturated rings. The lowest BCUT2D eigenvalue weighted by atomic mass is 10.2. The van der Waals surface area contributed by atoms with Crippen LogP contribution in [0.25, 0.3) is 0 Å². The zero-order chi connectivity index (χ0) is 16.9. The Balaban J connectivity index is 1.67. The Morgan fingerprint density at radius 2 is 2.00 bits per heavy atom. The molecule has 0 radical (unpaired) electrons. The molecule has 2 aromatic rings. The maximum atomic E-state index is 12.3. The predicted octanol–water partition coefficient (Wildman–Crippen LogP) is 2.78. The lowest BCUT2D eigenvalue weighted by Gasteiger charge is -2.07. The molecule has 1 aliphatic heterocycles. The number of carbonyl (C=O) groups excluding carboxylic acids is 1. The van der Waals surface area contributed by atoms with Crippen molar-refractivity contribution in [2.24, 2.45) is 5.10 Å². The third-order valence-corrected chi connectivity index (χ3v) is 3.14. The second-order valence-electron chi connectivity index (χ2n) is 4.68. The molecule has 0 atom stereocenters. The van der Waals surface area contributed by atoms with E-state index >= 15 is 0 Å². The molecule has 1 N–H and O–H groups in total. The number of nitrogens with one attached hydrogen (secondary N) is 1. The van der Waals surface area contributed by atoms with Gasteiger partial charge in [0.2, 0.25) is 6.79 Å². The molecular formula is C16H12F2N2O4. The Kier molecular flexibility index (Phi) is 4.55. The van der Waals surface area contributed by atoms with Gasteiger partial charge >= 0.3 is 6.61 Å². The number of fused-ring (bicyclic) bond motifs is 1. The third kappa shape index (κ3) is 3.60. The van der Waals surface area contributed by atoms with Crippen molar-refractivity contribution in [2.45, 2.75) is 6.61 Å². The monoisotopic (exact) mass is 334 g/mol. The van der Waals surface area contributed by atoms with Crippen LogP contribution >= 0.6 is 0 Å².